The number of amides is 1. The summed E-state index contributed by atoms with van der Waals surface area (Å²) in [6.07, 6.45) is 20.5. The van der Waals surface area contributed by atoms with Gasteiger partial charge in [-0.3, -0.25) is 4.79 Å². The molecule has 29 heavy (non-hydrogen) atoms. The van der Waals surface area contributed by atoms with Gasteiger partial charge in [0.1, 0.15) is 0 Å². The molecule has 0 radical (unpaired) electrons. The lowest BCUT2D eigenvalue weighted by Crippen LogP contribution is -2.43. The highest BCUT2D eigenvalue weighted by Gasteiger charge is 2.11. The van der Waals surface area contributed by atoms with Gasteiger partial charge in [-0.1, -0.05) is 70.4 Å². The van der Waals surface area contributed by atoms with Gasteiger partial charge < -0.3 is 29.9 Å². The summed E-state index contributed by atoms with van der Waals surface area (Å²) in [5.41, 5.74) is 5.44. The van der Waals surface area contributed by atoms with Gasteiger partial charge in [-0.05, 0) is 32.1 Å². The topological polar surface area (TPSA) is 128 Å². The molecule has 0 aliphatic heterocycles. The molecule has 3 N–H and O–H groups in total. The fourth-order valence-electron chi connectivity index (χ4n) is 3.01. The zero-order valence-electron chi connectivity index (χ0n) is 18.1. The summed E-state index contributed by atoms with van der Waals surface area (Å²) < 4.78 is 14.6. The van der Waals surface area contributed by atoms with E-state index in [1.54, 1.807) is 0 Å². The zero-order valence-corrected chi connectivity index (χ0v) is 19.0. The van der Waals surface area contributed by atoms with Gasteiger partial charge in [0.2, 0.25) is 5.91 Å². The SMILES string of the molecule is CCCCCCCC/C=C\CCCCCCCC(=O)N[C@H](CN)COP(=O)([O-])[O-]. The van der Waals surface area contributed by atoms with E-state index >= 15 is 0 Å². The molecule has 8 heteroatoms. The van der Waals surface area contributed by atoms with E-state index in [4.69, 9.17) is 5.73 Å². The van der Waals surface area contributed by atoms with Gasteiger partial charge in [0.15, 0.2) is 0 Å². The van der Waals surface area contributed by atoms with E-state index in [0.717, 1.165) is 32.1 Å². The van der Waals surface area contributed by atoms with Crippen LogP contribution in [0.4, 0.5) is 0 Å². The van der Waals surface area contributed by atoms with E-state index in [1.165, 1.54) is 51.4 Å². The summed E-state index contributed by atoms with van der Waals surface area (Å²) in [7, 11) is -5.04. The standard InChI is InChI=1S/C21H43N2O5P/c1-2-3-4-5-6-7-8-9-10-11-12-13-14-15-16-17-21(24)23-20(18-22)19-28-29(25,26)27/h9-10,20H,2-8,11-19,22H2,1H3,(H,23,24)(H2,25,26,27)/p-2/b10-9-/t20-/m1/s1. The number of phosphoric acid groups is 1. The molecule has 0 aromatic heterocycles. The summed E-state index contributed by atoms with van der Waals surface area (Å²) in [5, 5.41) is 2.59. The number of allylic oxidation sites excluding steroid dienone is 2. The van der Waals surface area contributed by atoms with Crippen molar-refractivity contribution in [2.45, 2.75) is 103 Å². The minimum Gasteiger partial charge on any atom is -0.790 e. The van der Waals surface area contributed by atoms with Gasteiger partial charge in [0.05, 0.1) is 20.5 Å². The molecule has 0 aliphatic rings. The Kier molecular flexibility index (Phi) is 18.8. The minimum atomic E-state index is -5.04. The molecule has 0 fully saturated rings. The van der Waals surface area contributed by atoms with E-state index in [2.05, 4.69) is 28.9 Å². The van der Waals surface area contributed by atoms with E-state index in [1.807, 2.05) is 0 Å². The summed E-state index contributed by atoms with van der Waals surface area (Å²) >= 11 is 0. The molecule has 0 saturated carbocycles. The highest BCUT2D eigenvalue weighted by Crippen LogP contribution is 2.24. The van der Waals surface area contributed by atoms with E-state index in [0.29, 0.717) is 6.42 Å². The largest absolute Gasteiger partial charge is 0.790 e. The molecule has 0 unspecified atom stereocenters. The normalized spacial score (nSPS) is 13.1. The van der Waals surface area contributed by atoms with E-state index in [9.17, 15) is 19.1 Å². The number of carbonyl (C=O) groups excluding carboxylic acids is 1. The number of phosphoric ester groups is 1. The van der Waals surface area contributed by atoms with Crippen molar-refractivity contribution in [3.8, 4) is 0 Å². The minimum absolute atomic E-state index is 0.0120. The fourth-order valence-corrected chi connectivity index (χ4v) is 3.37. The van der Waals surface area contributed by atoms with Gasteiger partial charge in [0.25, 0.3) is 0 Å². The second-order valence-corrected chi connectivity index (χ2v) is 8.73. The Morgan fingerprint density at radius 3 is 2.00 bits per heavy atom. The number of hydrogen-bond donors (Lipinski definition) is 2. The molecule has 0 rings (SSSR count). The first-order valence-corrected chi connectivity index (χ1v) is 12.7. The molecule has 0 aliphatic carbocycles. The lowest BCUT2D eigenvalue weighted by Gasteiger charge is -2.30. The third-order valence-corrected chi connectivity index (χ3v) is 5.21. The zero-order chi connectivity index (χ0) is 21.8. The Labute approximate surface area is 177 Å². The Morgan fingerprint density at radius 2 is 1.48 bits per heavy atom. The monoisotopic (exact) mass is 432 g/mol. The van der Waals surface area contributed by atoms with Gasteiger partial charge in [-0.15, -0.1) is 0 Å². The molecule has 1 atom stereocenters. The molecule has 0 heterocycles. The molecule has 0 bridgehead atoms. The third kappa shape index (κ3) is 21.8. The van der Waals surface area contributed by atoms with Crippen molar-refractivity contribution in [3.05, 3.63) is 12.2 Å². The van der Waals surface area contributed by atoms with Gasteiger partial charge in [0, 0.05) is 13.0 Å². The van der Waals surface area contributed by atoms with Crippen LogP contribution in [0.2, 0.25) is 0 Å². The highest BCUT2D eigenvalue weighted by atomic mass is 31.2. The van der Waals surface area contributed by atoms with E-state index in [-0.39, 0.29) is 12.5 Å². The summed E-state index contributed by atoms with van der Waals surface area (Å²) in [6, 6.07) is -0.665. The first kappa shape index (κ1) is 28.3. The summed E-state index contributed by atoms with van der Waals surface area (Å²) in [4.78, 5) is 32.7. The molecule has 0 aromatic rings. The van der Waals surface area contributed by atoms with Crippen LogP contribution in [-0.4, -0.2) is 25.1 Å². The first-order valence-electron chi connectivity index (χ1n) is 11.2. The number of nitrogens with two attached hydrogens (primary N) is 1. The lowest BCUT2D eigenvalue weighted by molar-refractivity contribution is -0.342. The van der Waals surface area contributed by atoms with Crippen LogP contribution < -0.4 is 20.8 Å². The summed E-state index contributed by atoms with van der Waals surface area (Å²) in [6.45, 7) is 1.84. The second kappa shape index (κ2) is 19.3. The van der Waals surface area contributed by atoms with Crippen LogP contribution in [0.5, 0.6) is 0 Å². The first-order chi connectivity index (χ1) is 13.9. The maximum atomic E-state index is 11.8. The Bertz CT molecular complexity index is 468. The van der Waals surface area contributed by atoms with Crippen LogP contribution in [0.15, 0.2) is 12.2 Å². The van der Waals surface area contributed by atoms with Crippen LogP contribution in [0.25, 0.3) is 0 Å². The van der Waals surface area contributed by atoms with Gasteiger partial charge in [-0.25, -0.2) is 0 Å². The van der Waals surface area contributed by atoms with Crippen LogP contribution in [0, 0.1) is 0 Å². The smallest absolute Gasteiger partial charge is 0.220 e. The van der Waals surface area contributed by atoms with Crippen molar-refractivity contribution in [2.24, 2.45) is 5.73 Å². The predicted octanol–water partition coefficient (Wildman–Crippen LogP) is 3.31. The number of unbranched alkanes of at least 4 members (excludes halogenated alkanes) is 11. The molecular formula is C21H41N2O5P-2. The average Bonchev–Trinajstić information content (AvgIpc) is 2.67. The van der Waals surface area contributed by atoms with E-state index < -0.39 is 20.5 Å². The molecular weight excluding hydrogens is 391 g/mol. The second-order valence-electron chi connectivity index (χ2n) is 7.58. The maximum Gasteiger partial charge on any atom is 0.220 e. The number of nitrogens with one attached hydrogen (secondary N) is 1. The van der Waals surface area contributed by atoms with Crippen LogP contribution in [0.1, 0.15) is 96.8 Å². The fraction of sp³-hybridized carbons (Fsp3) is 0.857. The van der Waals surface area contributed by atoms with Crippen LogP contribution >= 0.6 is 7.82 Å². The molecule has 1 amide bonds. The summed E-state index contributed by atoms with van der Waals surface area (Å²) in [5.74, 6) is -0.201. The molecule has 0 saturated heterocycles. The number of rotatable bonds is 20. The predicted molar refractivity (Wildman–Crippen MR) is 114 cm³/mol. The van der Waals surface area contributed by atoms with Crippen molar-refractivity contribution in [1.82, 2.24) is 5.32 Å². The maximum absolute atomic E-state index is 11.8. The van der Waals surface area contributed by atoms with Crippen LogP contribution in [-0.2, 0) is 13.9 Å². The molecule has 172 valence electrons. The molecule has 0 aromatic carbocycles. The van der Waals surface area contributed by atoms with Crippen molar-refractivity contribution in [2.75, 3.05) is 13.2 Å². The third-order valence-electron chi connectivity index (χ3n) is 4.75. The lowest BCUT2D eigenvalue weighted by atomic mass is 10.1. The molecule has 0 spiro atoms. The highest BCUT2D eigenvalue weighted by molar-refractivity contribution is 7.43. The van der Waals surface area contributed by atoms with Crippen molar-refractivity contribution < 1.29 is 23.7 Å². The van der Waals surface area contributed by atoms with Crippen molar-refractivity contribution in [1.29, 1.82) is 0 Å². The van der Waals surface area contributed by atoms with Crippen molar-refractivity contribution >= 4 is 13.7 Å². The number of carbonyl (C=O) groups is 1. The number of hydrogen-bond acceptors (Lipinski definition) is 6. The quantitative estimate of drug-likeness (QED) is 0.173. The van der Waals surface area contributed by atoms with Gasteiger partial charge in [-0.2, -0.15) is 0 Å². The molecule has 7 nitrogen and oxygen atoms in total. The van der Waals surface area contributed by atoms with Gasteiger partial charge >= 0.3 is 0 Å². The average molecular weight is 433 g/mol. The van der Waals surface area contributed by atoms with Crippen molar-refractivity contribution in [3.63, 3.8) is 0 Å². The van der Waals surface area contributed by atoms with Crippen LogP contribution in [0.3, 0.4) is 0 Å². The Balaban J connectivity index is 3.49. The Morgan fingerprint density at radius 1 is 0.966 bits per heavy atom. The Hall–Kier alpha value is -0.720.